The summed E-state index contributed by atoms with van der Waals surface area (Å²) < 4.78 is 0. The average Bonchev–Trinajstić information content (AvgIpc) is 2.87. The fourth-order valence-electron chi connectivity index (χ4n) is 5.44. The molecule has 6 aromatic rings. The Kier molecular flexibility index (Phi) is 15.3. The quantitative estimate of drug-likeness (QED) is 0.101. The van der Waals surface area contributed by atoms with Crippen molar-refractivity contribution in [1.29, 1.82) is 0 Å². The van der Waals surface area contributed by atoms with E-state index in [1.165, 1.54) is 44.3 Å². The summed E-state index contributed by atoms with van der Waals surface area (Å²) in [6, 6.07) is 29.0. The summed E-state index contributed by atoms with van der Waals surface area (Å²) in [4.78, 5) is 9.53. The van der Waals surface area contributed by atoms with Gasteiger partial charge < -0.3 is 31.4 Å². The van der Waals surface area contributed by atoms with Gasteiger partial charge in [-0.15, -0.1) is 0 Å². The van der Waals surface area contributed by atoms with Gasteiger partial charge in [0.15, 0.2) is 0 Å². The SMILES string of the molecule is C.Cc1cc(C)cc(-c2cc(C)c3c(C)cccc3n2)c1.Cc1cc(C)cc(-c2cc(Cl)c3c(Cl)cccc3n2)c1.[CH3-].[I-].[Mg+2]. The fourth-order valence-corrected chi connectivity index (χ4v) is 6.06. The van der Waals surface area contributed by atoms with Crippen LogP contribution in [0.25, 0.3) is 44.3 Å². The molecule has 4 aromatic carbocycles. The topological polar surface area (TPSA) is 25.8 Å². The van der Waals surface area contributed by atoms with E-state index in [0.717, 1.165) is 33.4 Å². The van der Waals surface area contributed by atoms with Gasteiger partial charge in [0, 0.05) is 21.9 Å². The summed E-state index contributed by atoms with van der Waals surface area (Å²) in [5, 5.41) is 3.35. The number of hydrogen-bond acceptors (Lipinski definition) is 2. The zero-order valence-corrected chi connectivity index (χ0v) is 30.9. The van der Waals surface area contributed by atoms with Crippen LogP contribution in [-0.2, 0) is 0 Å². The van der Waals surface area contributed by atoms with Crippen molar-refractivity contribution in [3.63, 3.8) is 0 Å². The molecule has 2 aromatic heterocycles. The summed E-state index contributed by atoms with van der Waals surface area (Å²) in [5.74, 6) is 0. The minimum Gasteiger partial charge on any atom is -1.00 e. The van der Waals surface area contributed by atoms with Crippen LogP contribution in [0.5, 0.6) is 0 Å². The summed E-state index contributed by atoms with van der Waals surface area (Å²) >= 11 is 12.6. The Morgan fingerprint density at radius 1 is 0.500 bits per heavy atom. The van der Waals surface area contributed by atoms with Gasteiger partial charge in [-0.05, 0) is 107 Å². The van der Waals surface area contributed by atoms with Crippen molar-refractivity contribution in [3.05, 3.63) is 136 Å². The third kappa shape index (κ3) is 8.94. The molecule has 0 aliphatic rings. The van der Waals surface area contributed by atoms with Gasteiger partial charge in [0.1, 0.15) is 0 Å². The molecule has 0 saturated carbocycles. The van der Waals surface area contributed by atoms with E-state index in [-0.39, 0.29) is 61.9 Å². The molecule has 0 atom stereocenters. The maximum atomic E-state index is 6.37. The van der Waals surface area contributed by atoms with E-state index in [4.69, 9.17) is 28.2 Å². The number of benzene rings is 4. The predicted octanol–water partition coefficient (Wildman–Crippen LogP) is 8.67. The number of hydrogen-bond donors (Lipinski definition) is 0. The van der Waals surface area contributed by atoms with Crippen molar-refractivity contribution in [3.8, 4) is 22.5 Å². The molecule has 2 nitrogen and oxygen atoms in total. The van der Waals surface area contributed by atoms with Crippen molar-refractivity contribution >= 4 is 68.1 Å². The molecule has 0 N–H and O–H groups in total. The Balaban J connectivity index is 0.000000403. The molecule has 44 heavy (non-hydrogen) atoms. The van der Waals surface area contributed by atoms with Crippen LogP contribution in [0.1, 0.15) is 40.8 Å². The van der Waals surface area contributed by atoms with E-state index in [1.54, 1.807) is 0 Å². The third-order valence-corrected chi connectivity index (χ3v) is 7.62. The van der Waals surface area contributed by atoms with Crippen LogP contribution in [-0.4, -0.2) is 33.0 Å². The molecular formula is C38H39Cl2IMgN2. The summed E-state index contributed by atoms with van der Waals surface area (Å²) in [5.41, 5.74) is 13.7. The Bertz CT molecular complexity index is 1720. The molecule has 0 amide bonds. The molecule has 0 unspecified atom stereocenters. The maximum Gasteiger partial charge on any atom is 2.00 e. The van der Waals surface area contributed by atoms with E-state index < -0.39 is 0 Å². The second kappa shape index (κ2) is 16.9. The summed E-state index contributed by atoms with van der Waals surface area (Å²) in [6.07, 6.45) is 0. The monoisotopic (exact) mass is 744 g/mol. The number of halogens is 3. The smallest absolute Gasteiger partial charge is 1.00 e. The van der Waals surface area contributed by atoms with Crippen molar-refractivity contribution in [1.82, 2.24) is 9.97 Å². The minimum absolute atomic E-state index is 0. The zero-order valence-electron chi connectivity index (χ0n) is 25.8. The van der Waals surface area contributed by atoms with Crippen molar-refractivity contribution < 1.29 is 24.0 Å². The Morgan fingerprint density at radius 3 is 1.43 bits per heavy atom. The number of nitrogens with zero attached hydrogens (tertiary/aromatic N) is 2. The van der Waals surface area contributed by atoms with Crippen LogP contribution in [0.2, 0.25) is 10.0 Å². The van der Waals surface area contributed by atoms with Crippen LogP contribution >= 0.6 is 23.2 Å². The van der Waals surface area contributed by atoms with Crippen LogP contribution in [0.3, 0.4) is 0 Å². The molecule has 0 saturated heterocycles. The van der Waals surface area contributed by atoms with E-state index in [0.29, 0.717) is 10.0 Å². The molecule has 0 spiro atoms. The normalized spacial score (nSPS) is 10.0. The van der Waals surface area contributed by atoms with Crippen LogP contribution in [0, 0.1) is 49.0 Å². The third-order valence-electron chi connectivity index (χ3n) is 7.01. The van der Waals surface area contributed by atoms with Gasteiger partial charge in [-0.25, -0.2) is 9.97 Å². The molecule has 0 fully saturated rings. The van der Waals surface area contributed by atoms with E-state index >= 15 is 0 Å². The Hall–Kier alpha value is -2.22. The summed E-state index contributed by atoms with van der Waals surface area (Å²) in [6.45, 7) is 12.7. The number of aromatic nitrogens is 2. The van der Waals surface area contributed by atoms with Crippen molar-refractivity contribution in [2.24, 2.45) is 0 Å². The van der Waals surface area contributed by atoms with Crippen LogP contribution < -0.4 is 24.0 Å². The first kappa shape index (κ1) is 39.8. The zero-order chi connectivity index (χ0) is 28.6. The molecule has 0 aliphatic heterocycles. The van der Waals surface area contributed by atoms with Crippen molar-refractivity contribution in [2.75, 3.05) is 0 Å². The summed E-state index contributed by atoms with van der Waals surface area (Å²) in [7, 11) is 0. The number of pyridine rings is 2. The standard InChI is InChI=1S/C19H19N.C17H13Cl2N.CH4.CH3.HI.Mg/c1-12-8-13(2)10-16(9-12)18-11-15(4)19-14(3)6-5-7-17(19)20-18;1-10-6-11(2)8-12(7-10)16-9-14(19)17-13(18)4-3-5-15(17)20-16;;;;/h5-11H,1-4H3;3-9H,1-2H3;1H4;1H3;1H;/q;;;-1;;+2/p-1. The molecule has 0 radical (unpaired) electrons. The van der Waals surface area contributed by atoms with Crippen LogP contribution in [0.15, 0.2) is 84.9 Å². The molecule has 0 aliphatic carbocycles. The Labute approximate surface area is 306 Å². The fraction of sp³-hybridized carbons (Fsp3) is 0.184. The number of rotatable bonds is 2. The molecule has 224 valence electrons. The number of fused-ring (bicyclic) bond motifs is 2. The minimum atomic E-state index is 0. The van der Waals surface area contributed by atoms with Gasteiger partial charge in [-0.1, -0.05) is 83.2 Å². The first-order valence-electron chi connectivity index (χ1n) is 13.4. The number of aryl methyl sites for hydroxylation is 6. The maximum absolute atomic E-state index is 6.37. The van der Waals surface area contributed by atoms with Crippen molar-refractivity contribution in [2.45, 2.75) is 49.0 Å². The van der Waals surface area contributed by atoms with E-state index in [2.05, 4.69) is 107 Å². The van der Waals surface area contributed by atoms with Gasteiger partial charge in [-0.3, -0.25) is 0 Å². The van der Waals surface area contributed by atoms with Gasteiger partial charge >= 0.3 is 23.1 Å². The molecular weight excluding hydrogens is 707 g/mol. The first-order valence-corrected chi connectivity index (χ1v) is 14.1. The van der Waals surface area contributed by atoms with Gasteiger partial charge in [0.2, 0.25) is 0 Å². The molecule has 6 heteroatoms. The van der Waals surface area contributed by atoms with Gasteiger partial charge in [0.05, 0.1) is 32.5 Å². The second-order valence-corrected chi connectivity index (χ2v) is 11.5. The van der Waals surface area contributed by atoms with Gasteiger partial charge in [-0.2, -0.15) is 0 Å². The second-order valence-electron chi connectivity index (χ2n) is 10.7. The van der Waals surface area contributed by atoms with Crippen LogP contribution in [0.4, 0.5) is 0 Å². The molecule has 6 rings (SSSR count). The largest absolute Gasteiger partial charge is 2.00 e. The van der Waals surface area contributed by atoms with E-state index in [9.17, 15) is 0 Å². The molecule has 0 bridgehead atoms. The average molecular weight is 746 g/mol. The predicted molar refractivity (Wildman–Crippen MR) is 192 cm³/mol. The first-order chi connectivity index (χ1) is 19.1. The Morgan fingerprint density at radius 2 is 0.932 bits per heavy atom. The van der Waals surface area contributed by atoms with Gasteiger partial charge in [0.25, 0.3) is 0 Å². The molecule has 2 heterocycles. The van der Waals surface area contributed by atoms with E-state index in [1.807, 2.05) is 24.3 Å².